The summed E-state index contributed by atoms with van der Waals surface area (Å²) in [4.78, 5) is 0. The molecule has 0 saturated carbocycles. The summed E-state index contributed by atoms with van der Waals surface area (Å²) in [7, 11) is -1.72. The zero-order chi connectivity index (χ0) is 5.98. The van der Waals surface area contributed by atoms with E-state index < -0.39 is 19.3 Å². The van der Waals surface area contributed by atoms with Crippen LogP contribution in [-0.4, -0.2) is 19.3 Å². The third kappa shape index (κ3) is 1.08. The molecule has 0 aromatic rings. The SMILES string of the molecule is C=C(CC)[SiH]1O[SiH2]O1. The number of rotatable bonds is 2. The molecule has 0 amide bonds. The lowest BCUT2D eigenvalue weighted by molar-refractivity contribution is 0.320. The van der Waals surface area contributed by atoms with Crippen molar-refractivity contribution in [1.82, 2.24) is 0 Å². The molecule has 0 aromatic heterocycles. The maximum atomic E-state index is 5.24. The Kier molecular flexibility index (Phi) is 2.01. The highest BCUT2D eigenvalue weighted by molar-refractivity contribution is 6.69. The first kappa shape index (κ1) is 6.22. The van der Waals surface area contributed by atoms with Crippen LogP contribution in [0.3, 0.4) is 0 Å². The van der Waals surface area contributed by atoms with Crippen molar-refractivity contribution in [3.05, 3.63) is 11.8 Å². The molecular weight excluding hydrogens is 136 g/mol. The van der Waals surface area contributed by atoms with Gasteiger partial charge in [0.1, 0.15) is 0 Å². The minimum atomic E-state index is -1.23. The molecule has 1 fully saturated rings. The van der Waals surface area contributed by atoms with Crippen LogP contribution in [0.25, 0.3) is 0 Å². The van der Waals surface area contributed by atoms with E-state index in [2.05, 4.69) is 13.5 Å². The first-order valence-electron chi connectivity index (χ1n) is 2.75. The molecule has 0 N–H and O–H groups in total. The van der Waals surface area contributed by atoms with Gasteiger partial charge in [-0.25, -0.2) is 0 Å². The summed E-state index contributed by atoms with van der Waals surface area (Å²) >= 11 is 0. The van der Waals surface area contributed by atoms with Crippen LogP contribution >= 0.6 is 0 Å². The summed E-state index contributed by atoms with van der Waals surface area (Å²) < 4.78 is 10.5. The van der Waals surface area contributed by atoms with Crippen LogP contribution in [-0.2, 0) is 8.23 Å². The third-order valence-corrected chi connectivity index (χ3v) is 5.81. The van der Waals surface area contributed by atoms with Gasteiger partial charge in [-0.3, -0.25) is 0 Å². The Morgan fingerprint density at radius 1 is 1.75 bits per heavy atom. The van der Waals surface area contributed by atoms with Crippen molar-refractivity contribution in [2.45, 2.75) is 13.3 Å². The first-order chi connectivity index (χ1) is 3.84. The minimum Gasteiger partial charge on any atom is -0.419 e. The number of hydrogen-bond donors (Lipinski definition) is 0. The molecule has 0 atom stereocenters. The fourth-order valence-electron chi connectivity index (χ4n) is 0.538. The molecule has 0 unspecified atom stereocenters. The fraction of sp³-hybridized carbons (Fsp3) is 0.500. The van der Waals surface area contributed by atoms with E-state index in [1.165, 1.54) is 5.20 Å². The van der Waals surface area contributed by atoms with Gasteiger partial charge in [0, 0.05) is 0 Å². The van der Waals surface area contributed by atoms with Crippen LogP contribution in [0.2, 0.25) is 0 Å². The summed E-state index contributed by atoms with van der Waals surface area (Å²) in [6.07, 6.45) is 1.02. The summed E-state index contributed by atoms with van der Waals surface area (Å²) in [5.41, 5.74) is 0. The van der Waals surface area contributed by atoms with Crippen LogP contribution in [0.4, 0.5) is 0 Å². The van der Waals surface area contributed by atoms with E-state index in [9.17, 15) is 0 Å². The van der Waals surface area contributed by atoms with Gasteiger partial charge in [0.05, 0.1) is 0 Å². The largest absolute Gasteiger partial charge is 0.419 e. The Labute approximate surface area is 53.4 Å². The Morgan fingerprint density at radius 3 is 2.50 bits per heavy atom. The van der Waals surface area contributed by atoms with Crippen molar-refractivity contribution in [2.24, 2.45) is 0 Å². The summed E-state index contributed by atoms with van der Waals surface area (Å²) in [6, 6.07) is 0. The van der Waals surface area contributed by atoms with E-state index in [0.29, 0.717) is 0 Å². The van der Waals surface area contributed by atoms with Gasteiger partial charge in [-0.05, 0) is 11.6 Å². The molecule has 1 aliphatic rings. The second-order valence-electron chi connectivity index (χ2n) is 1.79. The molecule has 2 nitrogen and oxygen atoms in total. The second kappa shape index (κ2) is 2.59. The van der Waals surface area contributed by atoms with Crippen molar-refractivity contribution < 1.29 is 8.23 Å². The van der Waals surface area contributed by atoms with Crippen molar-refractivity contribution in [3.63, 3.8) is 0 Å². The molecule has 1 aliphatic heterocycles. The molecule has 0 aromatic carbocycles. The van der Waals surface area contributed by atoms with Gasteiger partial charge in [0.15, 0.2) is 0 Å². The molecule has 0 radical (unpaired) electrons. The first-order valence-corrected chi connectivity index (χ1v) is 5.43. The van der Waals surface area contributed by atoms with Gasteiger partial charge in [-0.15, -0.1) is 0 Å². The normalized spacial score (nSPS) is 29.9. The molecule has 0 aliphatic carbocycles. The van der Waals surface area contributed by atoms with Gasteiger partial charge < -0.3 is 8.23 Å². The molecule has 4 heteroatoms. The Balaban J connectivity index is 2.24. The number of allylic oxidation sites excluding steroid dienone is 1. The topological polar surface area (TPSA) is 18.5 Å². The van der Waals surface area contributed by atoms with Gasteiger partial charge >= 0.3 is 9.28 Å². The lowest BCUT2D eigenvalue weighted by atomic mass is 10.5. The average Bonchev–Trinajstić information content (AvgIpc) is 1.62. The number of hydrogen-bond acceptors (Lipinski definition) is 2. The molecule has 1 rings (SSSR count). The second-order valence-corrected chi connectivity index (χ2v) is 6.18. The molecule has 8 heavy (non-hydrogen) atoms. The van der Waals surface area contributed by atoms with E-state index in [-0.39, 0.29) is 0 Å². The predicted molar refractivity (Wildman–Crippen MR) is 37.3 cm³/mol. The molecular formula is C4H10O2Si2. The lowest BCUT2D eigenvalue weighted by Gasteiger charge is -2.26. The van der Waals surface area contributed by atoms with E-state index in [4.69, 9.17) is 8.23 Å². The van der Waals surface area contributed by atoms with Gasteiger partial charge in [-0.1, -0.05) is 13.5 Å². The van der Waals surface area contributed by atoms with Crippen LogP contribution in [0.5, 0.6) is 0 Å². The summed E-state index contributed by atoms with van der Waals surface area (Å²) in [5, 5.41) is 1.20. The van der Waals surface area contributed by atoms with Gasteiger partial charge in [-0.2, -0.15) is 0 Å². The molecule has 0 spiro atoms. The fourth-order valence-corrected chi connectivity index (χ4v) is 3.85. The van der Waals surface area contributed by atoms with Crippen molar-refractivity contribution in [3.8, 4) is 0 Å². The van der Waals surface area contributed by atoms with Crippen molar-refractivity contribution in [2.75, 3.05) is 0 Å². The van der Waals surface area contributed by atoms with Crippen LogP contribution < -0.4 is 0 Å². The summed E-state index contributed by atoms with van der Waals surface area (Å²) in [5.74, 6) is 0. The summed E-state index contributed by atoms with van der Waals surface area (Å²) in [6.45, 7) is 5.91. The third-order valence-electron chi connectivity index (χ3n) is 1.23. The lowest BCUT2D eigenvalue weighted by Crippen LogP contribution is -2.40. The maximum absolute atomic E-state index is 5.24. The quantitative estimate of drug-likeness (QED) is 0.501. The Bertz CT molecular complexity index is 100. The van der Waals surface area contributed by atoms with E-state index in [1.807, 2.05) is 0 Å². The van der Waals surface area contributed by atoms with Gasteiger partial charge in [0.2, 0.25) is 0 Å². The highest BCUT2D eigenvalue weighted by atomic mass is 28.4. The average molecular weight is 146 g/mol. The standard InChI is InChI=1S/C4H10O2Si2/c1-3-4(2)8-5-7-6-8/h8H,2-3,7H2,1H3. The minimum absolute atomic E-state index is 0.494. The predicted octanol–water partition coefficient (Wildman–Crippen LogP) is -0.242. The van der Waals surface area contributed by atoms with Crippen molar-refractivity contribution >= 4 is 19.3 Å². The zero-order valence-corrected chi connectivity index (χ0v) is 7.58. The van der Waals surface area contributed by atoms with Crippen LogP contribution in [0, 0.1) is 0 Å². The molecule has 0 bridgehead atoms. The van der Waals surface area contributed by atoms with E-state index >= 15 is 0 Å². The highest BCUT2D eigenvalue weighted by Crippen LogP contribution is 2.10. The van der Waals surface area contributed by atoms with Gasteiger partial charge in [0.25, 0.3) is 10.0 Å². The van der Waals surface area contributed by atoms with Crippen molar-refractivity contribution in [1.29, 1.82) is 0 Å². The smallest absolute Gasteiger partial charge is 0.332 e. The Hall–Kier alpha value is 0.0938. The highest BCUT2D eigenvalue weighted by Gasteiger charge is 2.23. The van der Waals surface area contributed by atoms with E-state index in [1.54, 1.807) is 0 Å². The van der Waals surface area contributed by atoms with E-state index in [0.717, 1.165) is 6.42 Å². The monoisotopic (exact) mass is 146 g/mol. The zero-order valence-electron chi connectivity index (χ0n) is 5.02. The molecule has 46 valence electrons. The molecule has 1 heterocycles. The molecule has 1 saturated heterocycles. The Morgan fingerprint density at radius 2 is 2.38 bits per heavy atom. The van der Waals surface area contributed by atoms with Crippen LogP contribution in [0.15, 0.2) is 11.8 Å². The van der Waals surface area contributed by atoms with Crippen LogP contribution in [0.1, 0.15) is 13.3 Å². The maximum Gasteiger partial charge on any atom is 0.332 e.